The Labute approximate surface area is 175 Å². The molecule has 1 aromatic carbocycles. The molecule has 0 radical (unpaired) electrons. The number of thioether (sulfide) groups is 1. The number of hydrogen-bond acceptors (Lipinski definition) is 5. The fourth-order valence-electron chi connectivity index (χ4n) is 3.04. The molecule has 1 atom stereocenters. The number of furan rings is 1. The predicted octanol–water partition coefficient (Wildman–Crippen LogP) is 4.62. The molecule has 0 fully saturated rings. The SMILES string of the molecule is C=CCn1c(SCC(=O)N[C@H](C)c2ccc(C)c(C)c2)nnc1-c1ccoc1C. The van der Waals surface area contributed by atoms with Gasteiger partial charge in [0.05, 0.1) is 23.6 Å². The van der Waals surface area contributed by atoms with Gasteiger partial charge in [0.25, 0.3) is 0 Å². The molecule has 3 rings (SSSR count). The summed E-state index contributed by atoms with van der Waals surface area (Å²) in [6, 6.07) is 8.07. The zero-order valence-electron chi connectivity index (χ0n) is 17.2. The van der Waals surface area contributed by atoms with E-state index >= 15 is 0 Å². The standard InChI is InChI=1S/C22H26N4O2S/c1-6-10-26-21(19-9-11-28-17(19)5)24-25-22(26)29-13-20(27)23-16(4)18-8-7-14(2)15(3)12-18/h6-9,11-12,16H,1,10,13H2,2-5H3,(H,23,27)/t16-/m1/s1. The lowest BCUT2D eigenvalue weighted by molar-refractivity contribution is -0.119. The van der Waals surface area contributed by atoms with E-state index < -0.39 is 0 Å². The van der Waals surface area contributed by atoms with Crippen molar-refractivity contribution in [3.05, 3.63) is 65.6 Å². The van der Waals surface area contributed by atoms with E-state index in [2.05, 4.69) is 54.1 Å². The largest absolute Gasteiger partial charge is 0.469 e. The molecule has 0 saturated carbocycles. The van der Waals surface area contributed by atoms with E-state index in [1.807, 2.05) is 24.5 Å². The van der Waals surface area contributed by atoms with E-state index in [-0.39, 0.29) is 17.7 Å². The number of carbonyl (C=O) groups is 1. The number of allylic oxidation sites excluding steroid dienone is 1. The molecule has 2 heterocycles. The Kier molecular flexibility index (Phi) is 6.59. The second-order valence-electron chi connectivity index (χ2n) is 7.02. The van der Waals surface area contributed by atoms with Crippen LogP contribution < -0.4 is 5.32 Å². The average molecular weight is 411 g/mol. The molecule has 0 spiro atoms. The van der Waals surface area contributed by atoms with Crippen molar-refractivity contribution < 1.29 is 9.21 Å². The van der Waals surface area contributed by atoms with Crippen molar-refractivity contribution in [1.82, 2.24) is 20.1 Å². The minimum Gasteiger partial charge on any atom is -0.469 e. The highest BCUT2D eigenvalue weighted by molar-refractivity contribution is 7.99. The van der Waals surface area contributed by atoms with Gasteiger partial charge in [-0.25, -0.2) is 0 Å². The van der Waals surface area contributed by atoms with E-state index in [9.17, 15) is 4.79 Å². The van der Waals surface area contributed by atoms with Crippen molar-refractivity contribution in [3.63, 3.8) is 0 Å². The van der Waals surface area contributed by atoms with Crippen molar-refractivity contribution in [2.24, 2.45) is 0 Å². The second kappa shape index (κ2) is 9.13. The van der Waals surface area contributed by atoms with Gasteiger partial charge in [0.1, 0.15) is 5.76 Å². The smallest absolute Gasteiger partial charge is 0.230 e. The first-order valence-corrected chi connectivity index (χ1v) is 10.5. The van der Waals surface area contributed by atoms with Crippen LogP contribution in [0.2, 0.25) is 0 Å². The van der Waals surface area contributed by atoms with Crippen molar-refractivity contribution in [3.8, 4) is 11.4 Å². The van der Waals surface area contributed by atoms with Crippen LogP contribution in [-0.4, -0.2) is 26.4 Å². The maximum Gasteiger partial charge on any atom is 0.230 e. The molecule has 0 bridgehead atoms. The minimum absolute atomic E-state index is 0.0464. The van der Waals surface area contributed by atoms with Gasteiger partial charge in [-0.3, -0.25) is 9.36 Å². The third kappa shape index (κ3) is 4.79. The number of aromatic nitrogens is 3. The Morgan fingerprint density at radius 3 is 2.72 bits per heavy atom. The predicted molar refractivity (Wildman–Crippen MR) is 116 cm³/mol. The molecule has 152 valence electrons. The van der Waals surface area contributed by atoms with E-state index in [4.69, 9.17) is 4.42 Å². The molecule has 0 saturated heterocycles. The van der Waals surface area contributed by atoms with Crippen LogP contribution >= 0.6 is 11.8 Å². The second-order valence-corrected chi connectivity index (χ2v) is 7.96. The molecule has 0 aliphatic heterocycles. The van der Waals surface area contributed by atoms with Crippen LogP contribution in [0.4, 0.5) is 0 Å². The first-order chi connectivity index (χ1) is 13.9. The molecule has 1 amide bonds. The summed E-state index contributed by atoms with van der Waals surface area (Å²) in [5.41, 5.74) is 4.45. The number of hydrogen-bond donors (Lipinski definition) is 1. The van der Waals surface area contributed by atoms with Crippen molar-refractivity contribution in [2.75, 3.05) is 5.75 Å². The lowest BCUT2D eigenvalue weighted by atomic mass is 10.0. The third-order valence-corrected chi connectivity index (χ3v) is 5.84. The zero-order valence-corrected chi connectivity index (χ0v) is 18.0. The highest BCUT2D eigenvalue weighted by atomic mass is 32.2. The molecule has 29 heavy (non-hydrogen) atoms. The van der Waals surface area contributed by atoms with E-state index in [0.29, 0.717) is 17.5 Å². The fraction of sp³-hybridized carbons (Fsp3) is 0.318. The van der Waals surface area contributed by atoms with Crippen LogP contribution in [0.5, 0.6) is 0 Å². The fourth-order valence-corrected chi connectivity index (χ4v) is 3.79. The zero-order chi connectivity index (χ0) is 21.0. The third-order valence-electron chi connectivity index (χ3n) is 4.87. The van der Waals surface area contributed by atoms with Gasteiger partial charge >= 0.3 is 0 Å². The van der Waals surface area contributed by atoms with Gasteiger partial charge in [-0.15, -0.1) is 16.8 Å². The Morgan fingerprint density at radius 1 is 1.28 bits per heavy atom. The van der Waals surface area contributed by atoms with Crippen LogP contribution in [0.25, 0.3) is 11.4 Å². The van der Waals surface area contributed by atoms with E-state index in [1.165, 1.54) is 22.9 Å². The summed E-state index contributed by atoms with van der Waals surface area (Å²) in [4.78, 5) is 12.5. The molecule has 2 aromatic heterocycles. The lowest BCUT2D eigenvalue weighted by Gasteiger charge is -2.15. The van der Waals surface area contributed by atoms with Crippen molar-refractivity contribution in [2.45, 2.75) is 45.4 Å². The molecule has 0 aliphatic carbocycles. The Bertz CT molecular complexity index is 1020. The van der Waals surface area contributed by atoms with Gasteiger partial charge in [-0.2, -0.15) is 0 Å². The number of aryl methyl sites for hydroxylation is 3. The quantitative estimate of drug-likeness (QED) is 0.433. The summed E-state index contributed by atoms with van der Waals surface area (Å²) in [5, 5.41) is 12.3. The maximum atomic E-state index is 12.5. The van der Waals surface area contributed by atoms with Crippen LogP contribution in [0.15, 0.2) is 52.8 Å². The summed E-state index contributed by atoms with van der Waals surface area (Å²) in [5.74, 6) is 1.70. The first kappa shape index (κ1) is 20.9. The number of benzene rings is 1. The molecule has 0 unspecified atom stereocenters. The van der Waals surface area contributed by atoms with Crippen molar-refractivity contribution >= 4 is 17.7 Å². The molecule has 6 nitrogen and oxygen atoms in total. The summed E-state index contributed by atoms with van der Waals surface area (Å²) >= 11 is 1.36. The van der Waals surface area contributed by atoms with Crippen LogP contribution in [-0.2, 0) is 11.3 Å². The maximum absolute atomic E-state index is 12.5. The normalized spacial score (nSPS) is 12.0. The summed E-state index contributed by atoms with van der Waals surface area (Å²) < 4.78 is 7.32. The molecular formula is C22H26N4O2S. The Hall–Kier alpha value is -2.80. The Balaban J connectivity index is 1.67. The monoisotopic (exact) mass is 410 g/mol. The van der Waals surface area contributed by atoms with E-state index in [1.54, 1.807) is 12.3 Å². The Morgan fingerprint density at radius 2 is 2.07 bits per heavy atom. The van der Waals surface area contributed by atoms with Gasteiger partial charge < -0.3 is 9.73 Å². The number of nitrogens with one attached hydrogen (secondary N) is 1. The highest BCUT2D eigenvalue weighted by Crippen LogP contribution is 2.27. The molecular weight excluding hydrogens is 384 g/mol. The van der Waals surface area contributed by atoms with Gasteiger partial charge in [-0.05, 0) is 50.5 Å². The van der Waals surface area contributed by atoms with Crippen molar-refractivity contribution in [1.29, 1.82) is 0 Å². The lowest BCUT2D eigenvalue weighted by Crippen LogP contribution is -2.28. The van der Waals surface area contributed by atoms with Crippen LogP contribution in [0, 0.1) is 20.8 Å². The minimum atomic E-state index is -0.0578. The highest BCUT2D eigenvalue weighted by Gasteiger charge is 2.18. The molecule has 7 heteroatoms. The van der Waals surface area contributed by atoms with Gasteiger partial charge in [0, 0.05) is 6.54 Å². The van der Waals surface area contributed by atoms with Gasteiger partial charge in [0.15, 0.2) is 11.0 Å². The summed E-state index contributed by atoms with van der Waals surface area (Å²) in [7, 11) is 0. The summed E-state index contributed by atoms with van der Waals surface area (Å²) in [6.45, 7) is 12.4. The molecule has 0 aliphatic rings. The topological polar surface area (TPSA) is 73.0 Å². The van der Waals surface area contributed by atoms with E-state index in [0.717, 1.165) is 16.9 Å². The first-order valence-electron chi connectivity index (χ1n) is 9.48. The van der Waals surface area contributed by atoms with Crippen LogP contribution in [0.3, 0.4) is 0 Å². The number of nitrogens with zero attached hydrogens (tertiary/aromatic N) is 3. The number of amides is 1. The van der Waals surface area contributed by atoms with Gasteiger partial charge in [-0.1, -0.05) is 36.0 Å². The van der Waals surface area contributed by atoms with Crippen LogP contribution in [0.1, 0.15) is 35.4 Å². The number of rotatable bonds is 8. The number of carbonyl (C=O) groups excluding carboxylic acids is 1. The molecule has 3 aromatic rings. The summed E-state index contributed by atoms with van der Waals surface area (Å²) in [6.07, 6.45) is 3.42. The average Bonchev–Trinajstić information content (AvgIpc) is 3.28. The molecule has 1 N–H and O–H groups in total. The van der Waals surface area contributed by atoms with Gasteiger partial charge in [0.2, 0.25) is 5.91 Å².